The number of benzene rings is 1. The molecule has 0 aliphatic carbocycles. The second-order valence-electron chi connectivity index (χ2n) is 2.95. The number of ether oxygens (including phenoxy) is 1. The Hall–Kier alpha value is -1.62. The minimum absolute atomic E-state index is 0.128. The topological polar surface area (TPSA) is 55.7 Å². The molecule has 1 aliphatic rings. The van der Waals surface area contributed by atoms with Crippen molar-refractivity contribution < 1.29 is 13.2 Å². The van der Waals surface area contributed by atoms with Crippen molar-refractivity contribution in [2.75, 3.05) is 0 Å². The summed E-state index contributed by atoms with van der Waals surface area (Å²) in [6.07, 6.45) is 3.06. The van der Waals surface area contributed by atoms with Crippen molar-refractivity contribution >= 4 is 15.9 Å². The first kappa shape index (κ1) is 9.92. The monoisotopic (exact) mass is 223 g/mol. The zero-order valence-electron chi connectivity index (χ0n) is 8.04. The Balaban J connectivity index is 2.53. The van der Waals surface area contributed by atoms with E-state index in [9.17, 15) is 8.42 Å². The second-order valence-corrected chi connectivity index (χ2v) is 4.53. The quantitative estimate of drug-likeness (QED) is 0.681. The van der Waals surface area contributed by atoms with E-state index in [4.69, 9.17) is 4.74 Å². The van der Waals surface area contributed by atoms with Gasteiger partial charge in [-0.1, -0.05) is 18.2 Å². The fourth-order valence-corrected chi connectivity index (χ4v) is 2.44. The lowest BCUT2D eigenvalue weighted by Crippen LogP contribution is -1.98. The highest BCUT2D eigenvalue weighted by atomic mass is 32.2. The van der Waals surface area contributed by atoms with Gasteiger partial charge in [0, 0.05) is 0 Å². The van der Waals surface area contributed by atoms with Crippen LogP contribution in [0.1, 0.15) is 12.5 Å². The Labute approximate surface area is 88.0 Å². The molecule has 2 rings (SSSR count). The molecule has 0 spiro atoms. The van der Waals surface area contributed by atoms with Gasteiger partial charge in [-0.05, 0) is 19.1 Å². The first-order valence-corrected chi connectivity index (χ1v) is 5.81. The van der Waals surface area contributed by atoms with E-state index in [2.05, 4.69) is 4.40 Å². The van der Waals surface area contributed by atoms with Crippen molar-refractivity contribution in [2.24, 2.45) is 4.40 Å². The third-order valence-electron chi connectivity index (χ3n) is 1.91. The van der Waals surface area contributed by atoms with Crippen LogP contribution in [0.2, 0.25) is 0 Å². The molecule has 0 saturated carbocycles. The van der Waals surface area contributed by atoms with Crippen molar-refractivity contribution in [1.82, 2.24) is 0 Å². The first-order valence-electron chi connectivity index (χ1n) is 4.37. The molecule has 4 nitrogen and oxygen atoms in total. The van der Waals surface area contributed by atoms with Gasteiger partial charge in [0.2, 0.25) is 5.90 Å². The molecule has 15 heavy (non-hydrogen) atoms. The van der Waals surface area contributed by atoms with Crippen LogP contribution in [0.4, 0.5) is 0 Å². The van der Waals surface area contributed by atoms with E-state index < -0.39 is 10.0 Å². The lowest BCUT2D eigenvalue weighted by molar-refractivity contribution is 0.474. The van der Waals surface area contributed by atoms with Gasteiger partial charge >= 0.3 is 0 Å². The number of fused-ring (bicyclic) bond motifs is 1. The van der Waals surface area contributed by atoms with E-state index >= 15 is 0 Å². The van der Waals surface area contributed by atoms with Crippen LogP contribution < -0.4 is 0 Å². The van der Waals surface area contributed by atoms with Crippen LogP contribution in [0.25, 0.3) is 0 Å². The number of sulfonamides is 1. The average Bonchev–Trinajstić information content (AvgIpc) is 2.49. The number of hydrogen-bond donors (Lipinski definition) is 0. The third-order valence-corrected chi connectivity index (χ3v) is 3.23. The molecular formula is C10H9NO3S. The van der Waals surface area contributed by atoms with Crippen molar-refractivity contribution in [2.45, 2.75) is 11.8 Å². The molecular weight excluding hydrogens is 214 g/mol. The highest BCUT2D eigenvalue weighted by molar-refractivity contribution is 7.90. The highest BCUT2D eigenvalue weighted by Gasteiger charge is 2.29. The van der Waals surface area contributed by atoms with Crippen LogP contribution in [-0.2, 0) is 14.8 Å². The summed E-state index contributed by atoms with van der Waals surface area (Å²) in [7, 11) is -3.56. The summed E-state index contributed by atoms with van der Waals surface area (Å²) in [6, 6.07) is 6.58. The van der Waals surface area contributed by atoms with E-state index in [1.54, 1.807) is 31.2 Å². The standard InChI is InChI=1S/C10H9NO3S/c1-2-7-14-10-8-5-3-4-6-9(8)15(12,13)11-10/h2-7H,1H3. The number of rotatable bonds is 1. The smallest absolute Gasteiger partial charge is 0.286 e. The molecule has 0 N–H and O–H groups in total. The molecule has 5 heteroatoms. The van der Waals surface area contributed by atoms with Gasteiger partial charge in [0.1, 0.15) is 4.90 Å². The highest BCUT2D eigenvalue weighted by Crippen LogP contribution is 2.26. The first-order chi connectivity index (χ1) is 7.15. The molecule has 78 valence electrons. The Bertz CT molecular complexity index is 544. The summed E-state index contributed by atoms with van der Waals surface area (Å²) in [5.74, 6) is 0.128. The van der Waals surface area contributed by atoms with Gasteiger partial charge in [-0.3, -0.25) is 0 Å². The molecule has 0 radical (unpaired) electrons. The van der Waals surface area contributed by atoms with Crippen molar-refractivity contribution in [3.63, 3.8) is 0 Å². The number of allylic oxidation sites excluding steroid dienone is 1. The fourth-order valence-electron chi connectivity index (χ4n) is 1.29. The zero-order chi connectivity index (χ0) is 10.9. The van der Waals surface area contributed by atoms with Crippen molar-refractivity contribution in [3.8, 4) is 0 Å². The minimum Gasteiger partial charge on any atom is -0.446 e. The van der Waals surface area contributed by atoms with Crippen LogP contribution >= 0.6 is 0 Å². The lowest BCUT2D eigenvalue weighted by atomic mass is 10.2. The summed E-state index contributed by atoms with van der Waals surface area (Å²) < 4.78 is 31.7. The molecule has 0 atom stereocenters. The summed E-state index contributed by atoms with van der Waals surface area (Å²) in [4.78, 5) is 0.199. The molecule has 0 saturated heterocycles. The summed E-state index contributed by atoms with van der Waals surface area (Å²) in [5.41, 5.74) is 0.510. The van der Waals surface area contributed by atoms with Crippen LogP contribution in [0.3, 0.4) is 0 Å². The second kappa shape index (κ2) is 3.51. The lowest BCUT2D eigenvalue weighted by Gasteiger charge is -1.98. The molecule has 0 fully saturated rings. The molecule has 1 heterocycles. The fraction of sp³-hybridized carbons (Fsp3) is 0.100. The van der Waals surface area contributed by atoms with Gasteiger partial charge < -0.3 is 4.74 Å². The summed E-state index contributed by atoms with van der Waals surface area (Å²) >= 11 is 0. The maximum Gasteiger partial charge on any atom is 0.286 e. The molecule has 1 aliphatic heterocycles. The number of nitrogens with zero attached hydrogens (tertiary/aromatic N) is 1. The third kappa shape index (κ3) is 1.66. The Morgan fingerprint density at radius 3 is 2.80 bits per heavy atom. The normalized spacial score (nSPS) is 17.5. The summed E-state index contributed by atoms with van der Waals surface area (Å²) in [5, 5.41) is 0. The van der Waals surface area contributed by atoms with E-state index in [0.29, 0.717) is 5.56 Å². The van der Waals surface area contributed by atoms with Crippen LogP contribution in [-0.4, -0.2) is 14.3 Å². The SMILES string of the molecule is CC=COC1=NS(=O)(=O)c2ccccc21. The zero-order valence-corrected chi connectivity index (χ0v) is 8.86. The van der Waals surface area contributed by atoms with Gasteiger partial charge in [-0.15, -0.1) is 4.40 Å². The van der Waals surface area contributed by atoms with E-state index in [1.165, 1.54) is 12.3 Å². The van der Waals surface area contributed by atoms with Crippen LogP contribution in [0, 0.1) is 0 Å². The minimum atomic E-state index is -3.56. The molecule has 1 aromatic carbocycles. The molecule has 0 aromatic heterocycles. The average molecular weight is 223 g/mol. The van der Waals surface area contributed by atoms with Crippen molar-refractivity contribution in [1.29, 1.82) is 0 Å². The van der Waals surface area contributed by atoms with Gasteiger partial charge in [0.15, 0.2) is 0 Å². The largest absolute Gasteiger partial charge is 0.446 e. The predicted molar refractivity (Wildman–Crippen MR) is 56.1 cm³/mol. The van der Waals surface area contributed by atoms with E-state index in [0.717, 1.165) is 0 Å². The predicted octanol–water partition coefficient (Wildman–Crippen LogP) is 1.69. The van der Waals surface area contributed by atoms with Crippen LogP contribution in [0.5, 0.6) is 0 Å². The summed E-state index contributed by atoms with van der Waals surface area (Å²) in [6.45, 7) is 1.77. The van der Waals surface area contributed by atoms with E-state index in [1.807, 2.05) is 0 Å². The Kier molecular flexibility index (Phi) is 2.32. The van der Waals surface area contributed by atoms with Gasteiger partial charge in [0.05, 0.1) is 11.8 Å². The molecule has 0 amide bonds. The van der Waals surface area contributed by atoms with Crippen molar-refractivity contribution in [3.05, 3.63) is 42.2 Å². The van der Waals surface area contributed by atoms with Gasteiger partial charge in [0.25, 0.3) is 10.0 Å². The number of hydrogen-bond acceptors (Lipinski definition) is 3. The van der Waals surface area contributed by atoms with E-state index in [-0.39, 0.29) is 10.8 Å². The maximum atomic E-state index is 11.5. The molecule has 0 bridgehead atoms. The van der Waals surface area contributed by atoms with Gasteiger partial charge in [-0.2, -0.15) is 8.42 Å². The Morgan fingerprint density at radius 1 is 1.33 bits per heavy atom. The Morgan fingerprint density at radius 2 is 2.07 bits per heavy atom. The molecule has 0 unspecified atom stereocenters. The van der Waals surface area contributed by atoms with Crippen LogP contribution in [0.15, 0.2) is 45.9 Å². The van der Waals surface area contributed by atoms with Gasteiger partial charge in [-0.25, -0.2) is 0 Å². The maximum absolute atomic E-state index is 11.5. The molecule has 1 aromatic rings.